The van der Waals surface area contributed by atoms with Gasteiger partial charge in [0.05, 0.1) is 16.6 Å². The molecule has 2 aromatic heterocycles. The number of rotatable bonds is 9. The summed E-state index contributed by atoms with van der Waals surface area (Å²) < 4.78 is 18.5. The van der Waals surface area contributed by atoms with Gasteiger partial charge in [0, 0.05) is 94.3 Å². The summed E-state index contributed by atoms with van der Waals surface area (Å²) >= 11 is 0. The predicted molar refractivity (Wildman–Crippen MR) is 240 cm³/mol. The van der Waals surface area contributed by atoms with E-state index in [-0.39, 0.29) is 54.4 Å². The summed E-state index contributed by atoms with van der Waals surface area (Å²) in [4.78, 5) is 75.7. The fourth-order valence-corrected chi connectivity index (χ4v) is 10.1. The van der Waals surface area contributed by atoms with Gasteiger partial charge >= 0.3 is 0 Å². The standard InChI is InChI=1S/C49H53FN8O5/c1-29-25-31(30-16-22-55(23-17-30)38-10-6-11-39-43(38)49(2,3)48(63)58(39)40-14-15-41(59)53-46(40)61)12-13-33(29)35-26-34(44(50)45-36(35)27-37(52-45)47(62)54(4)5)32-9-7-20-56(28-32)42(60)18-24-57-21-8-19-51-57/h6,8-13,19,21,25-27,30,40,52H,7,14-18,20,22-24,28H2,1-5H3,(H,53,59,61). The van der Waals surface area contributed by atoms with Crippen LogP contribution in [0.5, 0.6) is 0 Å². The lowest BCUT2D eigenvalue weighted by Crippen LogP contribution is -2.55. The number of piperidine rings is 2. The number of hydrogen-bond donors (Lipinski definition) is 2. The van der Waals surface area contributed by atoms with Crippen LogP contribution in [0.25, 0.3) is 27.6 Å². The SMILES string of the molecule is Cc1cc(C2CCN(c3cccc4c3C(C)(C)C(=O)N4C3CCC(=O)NC3=O)CC2)ccc1-c1cc(C2=CCCN(C(=O)CCn3cccn3)C2)c(F)c2[nH]c(C(=O)N(C)C)cc12. The van der Waals surface area contributed by atoms with E-state index in [2.05, 4.69) is 51.5 Å². The van der Waals surface area contributed by atoms with Gasteiger partial charge < -0.3 is 19.7 Å². The normalized spacial score (nSPS) is 19.1. The highest BCUT2D eigenvalue weighted by molar-refractivity contribution is 6.15. The van der Waals surface area contributed by atoms with Gasteiger partial charge in [-0.3, -0.25) is 38.9 Å². The molecular formula is C49H53FN8O5. The second-order valence-corrected chi connectivity index (χ2v) is 18.1. The van der Waals surface area contributed by atoms with Gasteiger partial charge in [0.1, 0.15) is 11.7 Å². The van der Waals surface area contributed by atoms with Gasteiger partial charge in [-0.25, -0.2) is 4.39 Å². The Morgan fingerprint density at radius 2 is 1.71 bits per heavy atom. The summed E-state index contributed by atoms with van der Waals surface area (Å²) in [5.74, 6) is -1.33. The van der Waals surface area contributed by atoms with E-state index in [1.54, 1.807) is 40.8 Å². The van der Waals surface area contributed by atoms with Crippen molar-refractivity contribution in [3.63, 3.8) is 0 Å². The van der Waals surface area contributed by atoms with E-state index >= 15 is 4.39 Å². The number of halogens is 1. The number of nitrogens with zero attached hydrogens (tertiary/aromatic N) is 6. The fraction of sp³-hybridized carbons (Fsp3) is 0.388. The molecule has 4 aliphatic rings. The maximum atomic E-state index is 16.8. The summed E-state index contributed by atoms with van der Waals surface area (Å²) in [6.07, 6.45) is 8.67. The van der Waals surface area contributed by atoms with Crippen molar-refractivity contribution in [2.24, 2.45) is 0 Å². The number of nitrogens with one attached hydrogen (secondary N) is 2. The minimum Gasteiger partial charge on any atom is -0.371 e. The highest BCUT2D eigenvalue weighted by atomic mass is 19.1. The maximum absolute atomic E-state index is 16.8. The lowest BCUT2D eigenvalue weighted by Gasteiger charge is -2.36. The van der Waals surface area contributed by atoms with Gasteiger partial charge in [0.2, 0.25) is 23.6 Å². The number of carbonyl (C=O) groups excluding carboxylic acids is 5. The first kappa shape index (κ1) is 41.8. The predicted octanol–water partition coefficient (Wildman–Crippen LogP) is 6.70. The Hall–Kier alpha value is -6.57. The van der Waals surface area contributed by atoms with Crippen molar-refractivity contribution in [3.05, 3.63) is 107 Å². The van der Waals surface area contributed by atoms with E-state index in [9.17, 15) is 24.0 Å². The summed E-state index contributed by atoms with van der Waals surface area (Å²) in [5, 5.41) is 7.24. The molecule has 326 valence electrons. The molecule has 2 saturated heterocycles. The Morgan fingerprint density at radius 3 is 2.43 bits per heavy atom. The third kappa shape index (κ3) is 7.48. The number of fused-ring (bicyclic) bond motifs is 2. The molecule has 0 bridgehead atoms. The van der Waals surface area contributed by atoms with Gasteiger partial charge in [-0.15, -0.1) is 0 Å². The van der Waals surface area contributed by atoms with Crippen LogP contribution in [0.3, 0.4) is 0 Å². The quantitative estimate of drug-likeness (QED) is 0.157. The van der Waals surface area contributed by atoms with Crippen LogP contribution in [-0.2, 0) is 31.1 Å². The molecule has 0 aliphatic carbocycles. The third-order valence-electron chi connectivity index (χ3n) is 13.5. The van der Waals surface area contributed by atoms with Crippen LogP contribution in [0.2, 0.25) is 0 Å². The van der Waals surface area contributed by atoms with Crippen LogP contribution < -0.4 is 15.1 Å². The number of hydrogen-bond acceptors (Lipinski definition) is 7. The Balaban J connectivity index is 0.975. The van der Waals surface area contributed by atoms with Gasteiger partial charge in [0.15, 0.2) is 5.82 Å². The number of aromatic amines is 1. The molecule has 4 aliphatic heterocycles. The number of H-pyrrole nitrogens is 1. The van der Waals surface area contributed by atoms with Crippen molar-refractivity contribution in [3.8, 4) is 11.1 Å². The Bertz CT molecular complexity index is 2710. The van der Waals surface area contributed by atoms with Gasteiger partial charge in [0.25, 0.3) is 5.91 Å². The number of benzene rings is 3. The van der Waals surface area contributed by atoms with Gasteiger partial charge in [-0.05, 0) is 111 Å². The van der Waals surface area contributed by atoms with Crippen molar-refractivity contribution in [1.29, 1.82) is 0 Å². The summed E-state index contributed by atoms with van der Waals surface area (Å²) in [5.41, 5.74) is 7.44. The monoisotopic (exact) mass is 852 g/mol. The molecule has 0 radical (unpaired) electrons. The highest BCUT2D eigenvalue weighted by Gasteiger charge is 2.50. The number of amides is 5. The molecule has 5 aromatic rings. The van der Waals surface area contributed by atoms with Crippen LogP contribution in [-0.4, -0.2) is 100 Å². The van der Waals surface area contributed by atoms with Crippen molar-refractivity contribution in [2.45, 2.75) is 83.2 Å². The minimum absolute atomic E-state index is 0.0168. The zero-order chi connectivity index (χ0) is 44.3. The van der Waals surface area contributed by atoms with Gasteiger partial charge in [-0.2, -0.15) is 5.10 Å². The third-order valence-corrected chi connectivity index (χ3v) is 13.5. The van der Waals surface area contributed by atoms with E-state index in [0.717, 1.165) is 65.1 Å². The van der Waals surface area contributed by atoms with E-state index < -0.39 is 23.2 Å². The van der Waals surface area contributed by atoms with E-state index in [1.807, 2.05) is 50.4 Å². The number of carbonyl (C=O) groups is 5. The van der Waals surface area contributed by atoms with E-state index in [1.165, 1.54) is 10.5 Å². The van der Waals surface area contributed by atoms with Crippen LogP contribution in [0.4, 0.5) is 15.8 Å². The molecule has 1 atom stereocenters. The highest BCUT2D eigenvalue weighted by Crippen LogP contribution is 2.49. The molecule has 6 heterocycles. The lowest BCUT2D eigenvalue weighted by molar-refractivity contribution is -0.136. The molecule has 2 fully saturated rings. The Labute approximate surface area is 365 Å². The molecule has 13 nitrogen and oxygen atoms in total. The summed E-state index contributed by atoms with van der Waals surface area (Å²) in [7, 11) is 3.33. The van der Waals surface area contributed by atoms with Crippen molar-refractivity contribution >= 4 is 57.4 Å². The number of anilines is 2. The molecule has 5 amide bonds. The fourth-order valence-electron chi connectivity index (χ4n) is 10.1. The molecular weight excluding hydrogens is 800 g/mol. The zero-order valence-electron chi connectivity index (χ0n) is 36.5. The number of aryl methyl sites for hydroxylation is 2. The lowest BCUT2D eigenvalue weighted by atomic mass is 9.83. The maximum Gasteiger partial charge on any atom is 0.269 e. The summed E-state index contributed by atoms with van der Waals surface area (Å²) in [6, 6.07) is 17.1. The van der Waals surface area contributed by atoms with Crippen LogP contribution in [0, 0.1) is 12.7 Å². The summed E-state index contributed by atoms with van der Waals surface area (Å²) in [6.45, 7) is 8.75. The number of aromatic nitrogens is 3. The number of imide groups is 1. The zero-order valence-corrected chi connectivity index (χ0v) is 36.5. The first-order valence-corrected chi connectivity index (χ1v) is 21.9. The molecule has 2 N–H and O–H groups in total. The second kappa shape index (κ2) is 16.3. The van der Waals surface area contributed by atoms with Crippen LogP contribution in [0.1, 0.15) is 91.0 Å². The smallest absolute Gasteiger partial charge is 0.269 e. The average Bonchev–Trinajstić information content (AvgIpc) is 4.02. The molecule has 9 rings (SSSR count). The molecule has 63 heavy (non-hydrogen) atoms. The largest absolute Gasteiger partial charge is 0.371 e. The van der Waals surface area contributed by atoms with E-state index in [4.69, 9.17) is 0 Å². The first-order valence-electron chi connectivity index (χ1n) is 21.9. The Morgan fingerprint density at radius 1 is 0.937 bits per heavy atom. The van der Waals surface area contributed by atoms with Crippen LogP contribution >= 0.6 is 0 Å². The molecule has 1 unspecified atom stereocenters. The Kier molecular flexibility index (Phi) is 10.8. The first-order chi connectivity index (χ1) is 30.2. The molecule has 3 aromatic carbocycles. The molecule has 0 spiro atoms. The van der Waals surface area contributed by atoms with Gasteiger partial charge in [-0.1, -0.05) is 30.3 Å². The van der Waals surface area contributed by atoms with E-state index in [0.29, 0.717) is 42.6 Å². The molecule has 14 heteroatoms. The van der Waals surface area contributed by atoms with Crippen LogP contribution in [0.15, 0.2) is 73.1 Å². The van der Waals surface area contributed by atoms with Crippen molar-refractivity contribution in [1.82, 2.24) is 29.9 Å². The second-order valence-electron chi connectivity index (χ2n) is 18.1. The topological polar surface area (TPSA) is 144 Å². The average molecular weight is 853 g/mol. The van der Waals surface area contributed by atoms with Crippen molar-refractivity contribution in [2.75, 3.05) is 50.1 Å². The molecule has 0 saturated carbocycles. The minimum atomic E-state index is -0.853. The van der Waals surface area contributed by atoms with Crippen molar-refractivity contribution < 1.29 is 28.4 Å².